The first-order valence-electron chi connectivity index (χ1n) is 10.5. The molecule has 9 heteroatoms. The number of hydrogen-bond acceptors (Lipinski definition) is 6. The van der Waals surface area contributed by atoms with Crippen LogP contribution in [0.1, 0.15) is 52.0 Å². The lowest BCUT2D eigenvalue weighted by Gasteiger charge is -2.20. The molecule has 1 heterocycles. The summed E-state index contributed by atoms with van der Waals surface area (Å²) in [7, 11) is -0.816. The van der Waals surface area contributed by atoms with Crippen molar-refractivity contribution in [2.75, 3.05) is 27.3 Å². The van der Waals surface area contributed by atoms with Crippen molar-refractivity contribution in [3.63, 3.8) is 0 Å². The van der Waals surface area contributed by atoms with E-state index in [1.165, 1.54) is 42.8 Å². The second-order valence-electron chi connectivity index (χ2n) is 7.55. The number of nitrogens with one attached hydrogen (secondary N) is 1. The van der Waals surface area contributed by atoms with E-state index >= 15 is 0 Å². The number of sulfonamides is 1. The van der Waals surface area contributed by atoms with Crippen molar-refractivity contribution in [1.82, 2.24) is 9.62 Å². The molecule has 1 aliphatic heterocycles. The number of hydrogen-bond donors (Lipinski definition) is 1. The van der Waals surface area contributed by atoms with Crippen molar-refractivity contribution in [2.45, 2.75) is 37.1 Å². The topological polar surface area (TPSA) is 102 Å². The Balaban J connectivity index is 1.67. The summed E-state index contributed by atoms with van der Waals surface area (Å²) >= 11 is 0. The summed E-state index contributed by atoms with van der Waals surface area (Å²) in [6, 6.07) is 10.9. The predicted octanol–water partition coefficient (Wildman–Crippen LogP) is 2.98. The Labute approximate surface area is 188 Å². The summed E-state index contributed by atoms with van der Waals surface area (Å²) in [5.41, 5.74) is 1.31. The molecule has 8 nitrogen and oxygen atoms in total. The third kappa shape index (κ3) is 5.46. The Morgan fingerprint density at radius 1 is 0.969 bits per heavy atom. The molecule has 1 saturated heterocycles. The van der Waals surface area contributed by atoms with Crippen molar-refractivity contribution < 1.29 is 27.5 Å². The first-order chi connectivity index (χ1) is 15.4. The molecule has 2 aromatic rings. The monoisotopic (exact) mass is 460 g/mol. The standard InChI is InChI=1S/C23H28N2O6S/c1-30-21-12-7-17(15-20(21)23(27)31-2)16-24-22(26)18-8-10-19(11-9-18)32(28,29)25-13-5-3-4-6-14-25/h7-12,15H,3-6,13-14,16H2,1-2H3,(H,24,26). The van der Waals surface area contributed by atoms with Crippen LogP contribution in [0.25, 0.3) is 0 Å². The maximum atomic E-state index is 12.9. The molecule has 0 bridgehead atoms. The van der Waals surface area contributed by atoms with Crippen LogP contribution in [-0.4, -0.2) is 51.9 Å². The average Bonchev–Trinajstić information content (AvgIpc) is 3.12. The number of esters is 1. The van der Waals surface area contributed by atoms with Crippen LogP contribution >= 0.6 is 0 Å². The second-order valence-corrected chi connectivity index (χ2v) is 9.49. The molecule has 1 aliphatic rings. The van der Waals surface area contributed by atoms with Gasteiger partial charge in [0.2, 0.25) is 10.0 Å². The van der Waals surface area contributed by atoms with Crippen LogP contribution in [0.3, 0.4) is 0 Å². The highest BCUT2D eigenvalue weighted by molar-refractivity contribution is 7.89. The van der Waals surface area contributed by atoms with E-state index in [1.807, 2.05) is 0 Å². The van der Waals surface area contributed by atoms with Crippen LogP contribution < -0.4 is 10.1 Å². The van der Waals surface area contributed by atoms with Gasteiger partial charge in [-0.1, -0.05) is 18.9 Å². The third-order valence-electron chi connectivity index (χ3n) is 5.44. The molecule has 0 spiro atoms. The van der Waals surface area contributed by atoms with Crippen LogP contribution in [0.4, 0.5) is 0 Å². The van der Waals surface area contributed by atoms with E-state index in [2.05, 4.69) is 5.32 Å². The van der Waals surface area contributed by atoms with E-state index in [1.54, 1.807) is 18.2 Å². The quantitative estimate of drug-likeness (QED) is 0.638. The highest BCUT2D eigenvalue weighted by Gasteiger charge is 2.25. The number of benzene rings is 2. The van der Waals surface area contributed by atoms with Gasteiger partial charge in [0.15, 0.2) is 0 Å². The summed E-state index contributed by atoms with van der Waals surface area (Å²) in [6.45, 7) is 1.24. The molecule has 0 atom stereocenters. The maximum absolute atomic E-state index is 12.9. The minimum absolute atomic E-state index is 0.181. The molecule has 0 aromatic heterocycles. The van der Waals surface area contributed by atoms with Crippen molar-refractivity contribution in [2.24, 2.45) is 0 Å². The third-order valence-corrected chi connectivity index (χ3v) is 7.35. The van der Waals surface area contributed by atoms with Crippen molar-refractivity contribution in [3.8, 4) is 5.75 Å². The zero-order valence-electron chi connectivity index (χ0n) is 18.3. The molecule has 0 radical (unpaired) electrons. The molecule has 1 fully saturated rings. The SMILES string of the molecule is COC(=O)c1cc(CNC(=O)c2ccc(S(=O)(=O)N3CCCCCC3)cc2)ccc1OC. The lowest BCUT2D eigenvalue weighted by atomic mass is 10.1. The molecule has 0 saturated carbocycles. The zero-order chi connectivity index (χ0) is 23.1. The van der Waals surface area contributed by atoms with Crippen LogP contribution in [0, 0.1) is 0 Å². The van der Waals surface area contributed by atoms with Gasteiger partial charge in [-0.05, 0) is 54.8 Å². The van der Waals surface area contributed by atoms with Crippen molar-refractivity contribution >= 4 is 21.9 Å². The van der Waals surface area contributed by atoms with Gasteiger partial charge in [0, 0.05) is 25.2 Å². The Bertz CT molecular complexity index is 1060. The van der Waals surface area contributed by atoms with Crippen LogP contribution in [0.2, 0.25) is 0 Å². The van der Waals surface area contributed by atoms with E-state index in [0.29, 0.717) is 30.0 Å². The fraction of sp³-hybridized carbons (Fsp3) is 0.391. The fourth-order valence-corrected chi connectivity index (χ4v) is 5.15. The average molecular weight is 461 g/mol. The summed E-state index contributed by atoms with van der Waals surface area (Å²) in [5.74, 6) is -0.497. The Hall–Kier alpha value is -2.91. The molecule has 3 rings (SSSR count). The molecular weight excluding hydrogens is 432 g/mol. The van der Waals surface area contributed by atoms with E-state index < -0.39 is 16.0 Å². The van der Waals surface area contributed by atoms with Gasteiger partial charge in [0.1, 0.15) is 11.3 Å². The highest BCUT2D eigenvalue weighted by atomic mass is 32.2. The number of methoxy groups -OCH3 is 2. The smallest absolute Gasteiger partial charge is 0.341 e. The van der Waals surface area contributed by atoms with Gasteiger partial charge >= 0.3 is 5.97 Å². The molecule has 2 aromatic carbocycles. The van der Waals surface area contributed by atoms with Gasteiger partial charge in [-0.25, -0.2) is 13.2 Å². The highest BCUT2D eigenvalue weighted by Crippen LogP contribution is 2.22. The zero-order valence-corrected chi connectivity index (χ0v) is 19.1. The number of carbonyl (C=O) groups is 2. The minimum atomic E-state index is -3.56. The van der Waals surface area contributed by atoms with Gasteiger partial charge in [0.25, 0.3) is 5.91 Å². The largest absolute Gasteiger partial charge is 0.496 e. The van der Waals surface area contributed by atoms with E-state index in [0.717, 1.165) is 25.7 Å². The van der Waals surface area contributed by atoms with Crippen molar-refractivity contribution in [1.29, 1.82) is 0 Å². The maximum Gasteiger partial charge on any atom is 0.341 e. The molecular formula is C23H28N2O6S. The molecule has 1 amide bonds. The number of nitrogens with zero attached hydrogens (tertiary/aromatic N) is 1. The molecule has 0 unspecified atom stereocenters. The lowest BCUT2D eigenvalue weighted by Crippen LogP contribution is -2.32. The Morgan fingerprint density at radius 3 is 2.22 bits per heavy atom. The summed E-state index contributed by atoms with van der Waals surface area (Å²) in [4.78, 5) is 24.6. The molecule has 172 valence electrons. The summed E-state index contributed by atoms with van der Waals surface area (Å²) in [5, 5.41) is 2.77. The fourth-order valence-electron chi connectivity index (χ4n) is 3.63. The van der Waals surface area contributed by atoms with Gasteiger partial charge in [-0.2, -0.15) is 4.31 Å². The first kappa shape index (κ1) is 23.7. The predicted molar refractivity (Wildman–Crippen MR) is 119 cm³/mol. The van der Waals surface area contributed by atoms with E-state index in [-0.39, 0.29) is 22.9 Å². The number of amides is 1. The van der Waals surface area contributed by atoms with E-state index in [4.69, 9.17) is 9.47 Å². The molecule has 0 aliphatic carbocycles. The molecule has 1 N–H and O–H groups in total. The normalized spacial score (nSPS) is 14.9. The Morgan fingerprint density at radius 2 is 1.62 bits per heavy atom. The minimum Gasteiger partial charge on any atom is -0.496 e. The van der Waals surface area contributed by atoms with Gasteiger partial charge in [0.05, 0.1) is 19.1 Å². The van der Waals surface area contributed by atoms with Crippen molar-refractivity contribution in [3.05, 3.63) is 59.2 Å². The van der Waals surface area contributed by atoms with Gasteiger partial charge in [-0.15, -0.1) is 0 Å². The number of ether oxygens (including phenoxy) is 2. The number of rotatable bonds is 7. The van der Waals surface area contributed by atoms with Gasteiger partial charge in [-0.3, -0.25) is 4.79 Å². The van der Waals surface area contributed by atoms with Crippen LogP contribution in [0.5, 0.6) is 5.75 Å². The number of carbonyl (C=O) groups excluding carboxylic acids is 2. The molecule has 32 heavy (non-hydrogen) atoms. The van der Waals surface area contributed by atoms with Gasteiger partial charge < -0.3 is 14.8 Å². The summed E-state index contributed by atoms with van der Waals surface area (Å²) in [6.07, 6.45) is 3.81. The van der Waals surface area contributed by atoms with E-state index in [9.17, 15) is 18.0 Å². The second kappa shape index (κ2) is 10.6. The lowest BCUT2D eigenvalue weighted by molar-refractivity contribution is 0.0597. The Kier molecular flexibility index (Phi) is 7.87. The summed E-state index contributed by atoms with van der Waals surface area (Å²) < 4.78 is 37.2. The van der Waals surface area contributed by atoms with Crippen LogP contribution in [0.15, 0.2) is 47.4 Å². The first-order valence-corrected chi connectivity index (χ1v) is 11.9. The van der Waals surface area contributed by atoms with Crippen LogP contribution in [-0.2, 0) is 21.3 Å².